The number of nitrogens with zero attached hydrogens (tertiary/aromatic N) is 4. The zero-order valence-electron chi connectivity index (χ0n) is 15.8. The Hall–Kier alpha value is -2.99. The van der Waals surface area contributed by atoms with Gasteiger partial charge in [0.15, 0.2) is 5.65 Å². The Balaban J connectivity index is 1.64. The summed E-state index contributed by atoms with van der Waals surface area (Å²) in [7, 11) is 1.88. The lowest BCUT2D eigenvalue weighted by Crippen LogP contribution is -2.35. The number of fused-ring (bicyclic) bond motifs is 2. The van der Waals surface area contributed by atoms with Gasteiger partial charge in [-0.3, -0.25) is 9.48 Å². The van der Waals surface area contributed by atoms with Crippen LogP contribution in [0.25, 0.3) is 22.3 Å². The molecule has 5 nitrogen and oxygen atoms in total. The minimum atomic E-state index is 0.0533. The summed E-state index contributed by atoms with van der Waals surface area (Å²) in [6.07, 6.45) is 0.921. The summed E-state index contributed by atoms with van der Waals surface area (Å²) in [6.45, 7) is 3.35. The van der Waals surface area contributed by atoms with Crippen molar-refractivity contribution >= 4 is 28.3 Å². The molecule has 3 aromatic heterocycles. The normalized spacial score (nSPS) is 13.7. The third kappa shape index (κ3) is 2.72. The summed E-state index contributed by atoms with van der Waals surface area (Å²) in [6, 6.07) is 14.0. The first-order chi connectivity index (χ1) is 13.6. The van der Waals surface area contributed by atoms with Crippen LogP contribution >= 0.6 is 11.3 Å². The Morgan fingerprint density at radius 2 is 2.00 bits per heavy atom. The van der Waals surface area contributed by atoms with Crippen molar-refractivity contribution in [3.05, 3.63) is 69.5 Å². The number of carbonyl (C=O) groups excluding carboxylic acids is 1. The van der Waals surface area contributed by atoms with Crippen LogP contribution in [0, 0.1) is 6.92 Å². The number of aryl methyl sites for hydroxylation is 2. The number of aromatic nitrogens is 3. The van der Waals surface area contributed by atoms with E-state index in [0.717, 1.165) is 41.0 Å². The number of hydrogen-bond acceptors (Lipinski definition) is 4. The van der Waals surface area contributed by atoms with Gasteiger partial charge in [0.1, 0.15) is 0 Å². The smallest absolute Gasteiger partial charge is 0.255 e. The van der Waals surface area contributed by atoms with E-state index in [-0.39, 0.29) is 5.91 Å². The molecule has 6 heteroatoms. The fourth-order valence-electron chi connectivity index (χ4n) is 3.96. The Labute approximate surface area is 167 Å². The molecule has 140 valence electrons. The van der Waals surface area contributed by atoms with Crippen LogP contribution in [0.4, 0.5) is 0 Å². The molecule has 1 aliphatic rings. The molecular formula is C22H20N4OS. The van der Waals surface area contributed by atoms with Crippen molar-refractivity contribution in [1.82, 2.24) is 19.7 Å². The first kappa shape index (κ1) is 17.1. The second-order valence-corrected chi connectivity index (χ2v) is 8.18. The number of carbonyl (C=O) groups is 1. The van der Waals surface area contributed by atoms with Crippen molar-refractivity contribution in [3.8, 4) is 11.3 Å². The molecule has 0 unspecified atom stereocenters. The minimum Gasteiger partial charge on any atom is -0.334 e. The van der Waals surface area contributed by atoms with Crippen LogP contribution in [0.5, 0.6) is 0 Å². The van der Waals surface area contributed by atoms with E-state index in [1.807, 2.05) is 55.3 Å². The predicted molar refractivity (Wildman–Crippen MR) is 111 cm³/mol. The Morgan fingerprint density at radius 3 is 2.82 bits per heavy atom. The van der Waals surface area contributed by atoms with E-state index >= 15 is 0 Å². The van der Waals surface area contributed by atoms with Crippen LogP contribution in [0.3, 0.4) is 0 Å². The van der Waals surface area contributed by atoms with Crippen LogP contribution in [-0.4, -0.2) is 32.1 Å². The lowest BCUT2D eigenvalue weighted by Gasteiger charge is -2.27. The van der Waals surface area contributed by atoms with E-state index in [1.54, 1.807) is 16.0 Å². The second-order valence-electron chi connectivity index (χ2n) is 7.17. The summed E-state index contributed by atoms with van der Waals surface area (Å²) in [5.74, 6) is 0.0533. The molecule has 0 saturated carbocycles. The quantitative estimate of drug-likeness (QED) is 0.517. The van der Waals surface area contributed by atoms with Gasteiger partial charge in [0.05, 0.1) is 22.3 Å². The van der Waals surface area contributed by atoms with Gasteiger partial charge in [-0.25, -0.2) is 4.98 Å². The lowest BCUT2D eigenvalue weighted by molar-refractivity contribution is 0.0738. The predicted octanol–water partition coefficient (Wildman–Crippen LogP) is 4.20. The summed E-state index contributed by atoms with van der Waals surface area (Å²) in [4.78, 5) is 21.7. The van der Waals surface area contributed by atoms with Crippen LogP contribution < -0.4 is 0 Å². The van der Waals surface area contributed by atoms with Crippen LogP contribution in [0.15, 0.2) is 47.8 Å². The summed E-state index contributed by atoms with van der Waals surface area (Å²) in [5.41, 5.74) is 5.33. The van der Waals surface area contributed by atoms with Gasteiger partial charge >= 0.3 is 0 Å². The maximum absolute atomic E-state index is 13.6. The van der Waals surface area contributed by atoms with E-state index in [0.29, 0.717) is 12.1 Å². The van der Waals surface area contributed by atoms with Crippen molar-refractivity contribution in [2.75, 3.05) is 6.54 Å². The zero-order valence-corrected chi connectivity index (χ0v) is 16.7. The number of rotatable bonds is 2. The molecule has 0 fully saturated rings. The number of thiophene rings is 1. The minimum absolute atomic E-state index is 0.0533. The lowest BCUT2D eigenvalue weighted by atomic mass is 10.0. The van der Waals surface area contributed by atoms with Crippen LogP contribution in [0.2, 0.25) is 0 Å². The Bertz CT molecular complexity index is 1190. The highest BCUT2D eigenvalue weighted by molar-refractivity contribution is 7.10. The van der Waals surface area contributed by atoms with Crippen LogP contribution in [-0.2, 0) is 20.0 Å². The number of benzene rings is 1. The zero-order chi connectivity index (χ0) is 19.3. The molecule has 4 heterocycles. The third-order valence-corrected chi connectivity index (χ3v) is 6.39. The van der Waals surface area contributed by atoms with Gasteiger partial charge in [0.25, 0.3) is 5.91 Å². The molecule has 1 amide bonds. The molecule has 1 aromatic carbocycles. The first-order valence-corrected chi connectivity index (χ1v) is 10.2. The van der Waals surface area contributed by atoms with Gasteiger partial charge in [-0.1, -0.05) is 30.3 Å². The van der Waals surface area contributed by atoms with Crippen molar-refractivity contribution in [3.63, 3.8) is 0 Å². The fraction of sp³-hybridized carbons (Fsp3) is 0.227. The fourth-order valence-corrected chi connectivity index (χ4v) is 4.85. The third-order valence-electron chi connectivity index (χ3n) is 5.36. The van der Waals surface area contributed by atoms with Crippen molar-refractivity contribution < 1.29 is 4.79 Å². The Kier molecular flexibility index (Phi) is 4.02. The summed E-state index contributed by atoms with van der Waals surface area (Å²) >= 11 is 1.78. The monoisotopic (exact) mass is 388 g/mol. The molecule has 0 spiro atoms. The molecule has 0 saturated heterocycles. The number of amides is 1. The van der Waals surface area contributed by atoms with E-state index < -0.39 is 0 Å². The van der Waals surface area contributed by atoms with Crippen molar-refractivity contribution in [1.29, 1.82) is 0 Å². The molecule has 28 heavy (non-hydrogen) atoms. The first-order valence-electron chi connectivity index (χ1n) is 9.36. The van der Waals surface area contributed by atoms with Gasteiger partial charge in [-0.2, -0.15) is 5.10 Å². The van der Waals surface area contributed by atoms with Crippen molar-refractivity contribution in [2.24, 2.45) is 7.05 Å². The van der Waals surface area contributed by atoms with Crippen LogP contribution in [0.1, 0.15) is 26.5 Å². The highest BCUT2D eigenvalue weighted by atomic mass is 32.1. The highest BCUT2D eigenvalue weighted by Gasteiger charge is 2.26. The van der Waals surface area contributed by atoms with Gasteiger partial charge in [-0.05, 0) is 36.4 Å². The topological polar surface area (TPSA) is 51.0 Å². The van der Waals surface area contributed by atoms with Crippen molar-refractivity contribution in [2.45, 2.75) is 19.9 Å². The molecule has 0 radical (unpaired) electrons. The molecule has 1 aliphatic heterocycles. The molecular weight excluding hydrogens is 368 g/mol. The molecule has 4 aromatic rings. The average molecular weight is 388 g/mol. The molecule has 0 aliphatic carbocycles. The van der Waals surface area contributed by atoms with Gasteiger partial charge in [0.2, 0.25) is 0 Å². The molecule has 5 rings (SSSR count). The maximum atomic E-state index is 13.6. The standard InChI is InChI=1S/C22H20N4OS/c1-14-20-17(22(27)26-10-8-19-16(13-26)9-11-28-19)12-18(15-6-4-3-5-7-15)23-21(20)25(2)24-14/h3-7,9,11-12H,8,10,13H2,1-2H3. The van der Waals surface area contributed by atoms with Gasteiger partial charge in [-0.15, -0.1) is 11.3 Å². The van der Waals surface area contributed by atoms with E-state index in [2.05, 4.69) is 16.5 Å². The van der Waals surface area contributed by atoms with E-state index in [9.17, 15) is 4.79 Å². The molecule has 0 N–H and O–H groups in total. The van der Waals surface area contributed by atoms with E-state index in [4.69, 9.17) is 4.98 Å². The number of pyridine rings is 1. The molecule has 0 atom stereocenters. The van der Waals surface area contributed by atoms with E-state index in [1.165, 1.54) is 10.4 Å². The van der Waals surface area contributed by atoms with Gasteiger partial charge < -0.3 is 4.90 Å². The number of hydrogen-bond donors (Lipinski definition) is 0. The highest BCUT2D eigenvalue weighted by Crippen LogP contribution is 2.30. The average Bonchev–Trinajstić information content (AvgIpc) is 3.31. The maximum Gasteiger partial charge on any atom is 0.255 e. The molecule has 0 bridgehead atoms. The second kappa shape index (κ2) is 6.56. The summed E-state index contributed by atoms with van der Waals surface area (Å²) < 4.78 is 1.76. The van der Waals surface area contributed by atoms with Gasteiger partial charge in [0, 0.05) is 30.6 Å². The summed E-state index contributed by atoms with van der Waals surface area (Å²) in [5, 5.41) is 7.49. The largest absolute Gasteiger partial charge is 0.334 e. The SMILES string of the molecule is Cc1nn(C)c2nc(-c3ccccc3)cc(C(=O)N3CCc4sccc4C3)c12. The Morgan fingerprint density at radius 1 is 1.18 bits per heavy atom.